The summed E-state index contributed by atoms with van der Waals surface area (Å²) < 4.78 is 24.8. The number of aryl methyl sites for hydroxylation is 1. The number of anilines is 2. The molecular weight excluding hydrogens is 461 g/mol. The number of nitrogens with zero attached hydrogens (tertiary/aromatic N) is 1. The van der Waals surface area contributed by atoms with Gasteiger partial charge in [0.25, 0.3) is 11.8 Å². The van der Waals surface area contributed by atoms with Crippen molar-refractivity contribution >= 4 is 34.8 Å². The number of hydrogen-bond donors (Lipinski definition) is 2. The first kappa shape index (κ1) is 23.0. The van der Waals surface area contributed by atoms with E-state index in [0.29, 0.717) is 22.7 Å². The first-order valence-corrected chi connectivity index (χ1v) is 10.5. The molecule has 0 saturated carbocycles. The molecule has 0 fully saturated rings. The Hall–Kier alpha value is -4.17. The van der Waals surface area contributed by atoms with Crippen molar-refractivity contribution in [3.05, 3.63) is 94.5 Å². The van der Waals surface area contributed by atoms with E-state index in [9.17, 15) is 14.0 Å². The molecule has 9 heteroatoms. The highest BCUT2D eigenvalue weighted by atomic mass is 35.5. The Balaban J connectivity index is 1.52. The highest BCUT2D eigenvalue weighted by Gasteiger charge is 2.25. The average Bonchev–Trinajstić information content (AvgIpc) is 3.20. The fraction of sp³-hybridized carbons (Fsp3) is 0.0800. The molecule has 0 saturated heterocycles. The van der Waals surface area contributed by atoms with Crippen LogP contribution in [0, 0.1) is 12.7 Å². The zero-order chi connectivity index (χ0) is 24.2. The number of rotatable bonds is 6. The van der Waals surface area contributed by atoms with Crippen LogP contribution in [-0.2, 0) is 0 Å². The Kier molecular flexibility index (Phi) is 6.60. The Morgan fingerprint density at radius 2 is 1.71 bits per heavy atom. The third-order valence-electron chi connectivity index (χ3n) is 5.05. The van der Waals surface area contributed by atoms with Crippen LogP contribution in [0.15, 0.2) is 71.3 Å². The van der Waals surface area contributed by atoms with E-state index in [-0.39, 0.29) is 33.5 Å². The van der Waals surface area contributed by atoms with Crippen molar-refractivity contribution < 1.29 is 23.2 Å². The van der Waals surface area contributed by atoms with Gasteiger partial charge in [0.2, 0.25) is 0 Å². The number of carbonyl (C=O) groups excluding carboxylic acids is 2. The van der Waals surface area contributed by atoms with Crippen LogP contribution >= 0.6 is 11.6 Å². The lowest BCUT2D eigenvalue weighted by molar-refractivity contribution is 0.101. The predicted octanol–water partition coefficient (Wildman–Crippen LogP) is 5.96. The molecule has 1 aromatic heterocycles. The van der Waals surface area contributed by atoms with Crippen molar-refractivity contribution in [3.63, 3.8) is 0 Å². The smallest absolute Gasteiger partial charge is 0.261 e. The first-order chi connectivity index (χ1) is 16.4. The molecule has 0 aliphatic carbocycles. The normalized spacial score (nSPS) is 10.6. The molecule has 0 unspecified atom stereocenters. The van der Waals surface area contributed by atoms with Gasteiger partial charge in [-0.1, -0.05) is 35.0 Å². The molecule has 0 bridgehead atoms. The molecule has 0 radical (unpaired) electrons. The van der Waals surface area contributed by atoms with Crippen LogP contribution in [0.2, 0.25) is 5.02 Å². The van der Waals surface area contributed by atoms with Crippen molar-refractivity contribution in [2.45, 2.75) is 6.92 Å². The number of methoxy groups -OCH3 is 1. The number of halogens is 2. The number of benzene rings is 3. The Bertz CT molecular complexity index is 1350. The summed E-state index contributed by atoms with van der Waals surface area (Å²) in [6.45, 7) is 1.55. The van der Waals surface area contributed by atoms with Crippen LogP contribution in [0.1, 0.15) is 26.5 Å². The largest absolute Gasteiger partial charge is 0.495 e. The minimum atomic E-state index is -0.625. The summed E-state index contributed by atoms with van der Waals surface area (Å²) in [4.78, 5) is 25.6. The quantitative estimate of drug-likeness (QED) is 0.356. The van der Waals surface area contributed by atoms with Gasteiger partial charge in [-0.3, -0.25) is 9.59 Å². The van der Waals surface area contributed by atoms with Gasteiger partial charge in [0.15, 0.2) is 0 Å². The molecule has 0 aliphatic rings. The number of ether oxygens (including phenoxy) is 1. The summed E-state index contributed by atoms with van der Waals surface area (Å²) in [6, 6.07) is 17.5. The highest BCUT2D eigenvalue weighted by molar-refractivity contribution is 6.33. The average molecular weight is 480 g/mol. The molecule has 0 spiro atoms. The zero-order valence-corrected chi connectivity index (χ0v) is 18.9. The molecule has 0 aliphatic heterocycles. The molecular formula is C25H19ClFN3O4. The maximum absolute atomic E-state index is 14.4. The fourth-order valence-electron chi connectivity index (χ4n) is 3.38. The predicted molar refractivity (Wildman–Crippen MR) is 127 cm³/mol. The molecule has 2 N–H and O–H groups in total. The van der Waals surface area contributed by atoms with Gasteiger partial charge in [0, 0.05) is 11.3 Å². The van der Waals surface area contributed by atoms with E-state index in [1.165, 1.54) is 25.3 Å². The molecule has 4 aromatic rings. The number of hydrogen-bond acceptors (Lipinski definition) is 5. The number of para-hydroxylation sites is 2. The van der Waals surface area contributed by atoms with Gasteiger partial charge in [-0.25, -0.2) is 4.39 Å². The molecule has 34 heavy (non-hydrogen) atoms. The molecule has 0 atom stereocenters. The van der Waals surface area contributed by atoms with Crippen LogP contribution < -0.4 is 15.4 Å². The lowest BCUT2D eigenvalue weighted by Crippen LogP contribution is -2.15. The van der Waals surface area contributed by atoms with Gasteiger partial charge in [-0.05, 0) is 55.5 Å². The topological polar surface area (TPSA) is 93.5 Å². The summed E-state index contributed by atoms with van der Waals surface area (Å²) in [5.74, 6) is -0.775. The van der Waals surface area contributed by atoms with E-state index in [4.69, 9.17) is 20.9 Å². The van der Waals surface area contributed by atoms with Crippen LogP contribution in [-0.4, -0.2) is 24.1 Å². The zero-order valence-electron chi connectivity index (χ0n) is 18.2. The first-order valence-electron chi connectivity index (χ1n) is 10.2. The van der Waals surface area contributed by atoms with Gasteiger partial charge >= 0.3 is 0 Å². The second-order valence-corrected chi connectivity index (χ2v) is 7.65. The number of nitrogens with one attached hydrogen (secondary N) is 2. The number of carbonyl (C=O) groups is 2. The Morgan fingerprint density at radius 1 is 0.971 bits per heavy atom. The third kappa shape index (κ3) is 4.62. The summed E-state index contributed by atoms with van der Waals surface area (Å²) in [6.07, 6.45) is 0. The molecule has 7 nitrogen and oxygen atoms in total. The van der Waals surface area contributed by atoms with Crippen LogP contribution in [0.25, 0.3) is 11.3 Å². The van der Waals surface area contributed by atoms with Crippen molar-refractivity contribution in [1.29, 1.82) is 0 Å². The summed E-state index contributed by atoms with van der Waals surface area (Å²) in [5.41, 5.74) is 1.38. The van der Waals surface area contributed by atoms with E-state index < -0.39 is 11.7 Å². The van der Waals surface area contributed by atoms with E-state index in [2.05, 4.69) is 15.8 Å². The van der Waals surface area contributed by atoms with Crippen molar-refractivity contribution in [2.24, 2.45) is 0 Å². The lowest BCUT2D eigenvalue weighted by atomic mass is 10.0. The van der Waals surface area contributed by atoms with Gasteiger partial charge in [0.1, 0.15) is 28.6 Å². The standard InChI is InChI=1S/C25H19ClFN3O4/c1-14-21(23(30-34-14)22-17(26)6-5-7-18(22)27)25(32)28-16-12-10-15(11-13-16)24(31)29-19-8-3-4-9-20(19)33-2/h3-13H,1-2H3,(H,28,32)(H,29,31). The SMILES string of the molecule is COc1ccccc1NC(=O)c1ccc(NC(=O)c2c(-c3c(F)cccc3Cl)noc2C)cc1. The van der Waals surface area contributed by atoms with Gasteiger partial charge in [0.05, 0.1) is 23.4 Å². The highest BCUT2D eigenvalue weighted by Crippen LogP contribution is 2.33. The van der Waals surface area contributed by atoms with E-state index in [1.54, 1.807) is 55.5 Å². The number of aromatic nitrogens is 1. The minimum Gasteiger partial charge on any atom is -0.495 e. The van der Waals surface area contributed by atoms with Crippen LogP contribution in [0.3, 0.4) is 0 Å². The van der Waals surface area contributed by atoms with Crippen LogP contribution in [0.5, 0.6) is 5.75 Å². The summed E-state index contributed by atoms with van der Waals surface area (Å²) >= 11 is 6.14. The molecule has 172 valence electrons. The van der Waals surface area contributed by atoms with Gasteiger partial charge < -0.3 is 19.9 Å². The molecule has 4 rings (SSSR count). The second-order valence-electron chi connectivity index (χ2n) is 7.24. The summed E-state index contributed by atoms with van der Waals surface area (Å²) in [5, 5.41) is 9.44. The van der Waals surface area contributed by atoms with Crippen molar-refractivity contribution in [3.8, 4) is 17.0 Å². The summed E-state index contributed by atoms with van der Waals surface area (Å²) in [7, 11) is 1.52. The fourth-order valence-corrected chi connectivity index (χ4v) is 3.63. The van der Waals surface area contributed by atoms with Crippen molar-refractivity contribution in [1.82, 2.24) is 5.16 Å². The Morgan fingerprint density at radius 3 is 2.41 bits per heavy atom. The van der Waals surface area contributed by atoms with Crippen molar-refractivity contribution in [2.75, 3.05) is 17.7 Å². The maximum atomic E-state index is 14.4. The third-order valence-corrected chi connectivity index (χ3v) is 5.36. The van der Waals surface area contributed by atoms with E-state index >= 15 is 0 Å². The second kappa shape index (κ2) is 9.76. The lowest BCUT2D eigenvalue weighted by Gasteiger charge is -2.10. The monoisotopic (exact) mass is 479 g/mol. The number of amides is 2. The van der Waals surface area contributed by atoms with E-state index in [1.807, 2.05) is 0 Å². The molecule has 3 aromatic carbocycles. The minimum absolute atomic E-state index is 0.00547. The van der Waals surface area contributed by atoms with E-state index in [0.717, 1.165) is 0 Å². The molecule has 1 heterocycles. The Labute approximate surface area is 199 Å². The van der Waals surface area contributed by atoms with Crippen LogP contribution in [0.4, 0.5) is 15.8 Å². The molecule has 2 amide bonds. The van der Waals surface area contributed by atoms with Gasteiger partial charge in [-0.2, -0.15) is 0 Å². The van der Waals surface area contributed by atoms with Gasteiger partial charge in [-0.15, -0.1) is 0 Å². The maximum Gasteiger partial charge on any atom is 0.261 e.